The van der Waals surface area contributed by atoms with Crippen LogP contribution in [0.2, 0.25) is 0 Å². The summed E-state index contributed by atoms with van der Waals surface area (Å²) < 4.78 is 0. The molecule has 1 aliphatic rings. The Bertz CT molecular complexity index is 341. The van der Waals surface area contributed by atoms with Gasteiger partial charge in [0, 0.05) is 12.5 Å². The van der Waals surface area contributed by atoms with Crippen molar-refractivity contribution >= 4 is 12.0 Å². The van der Waals surface area contributed by atoms with E-state index in [4.69, 9.17) is 11.5 Å². The number of carboxylic acids is 1. The van der Waals surface area contributed by atoms with Crippen molar-refractivity contribution in [3.63, 3.8) is 0 Å². The van der Waals surface area contributed by atoms with Crippen molar-refractivity contribution in [1.82, 2.24) is 10.6 Å². The highest BCUT2D eigenvalue weighted by atomic mass is 16.4. The molecule has 3 N–H and O–H groups in total. The van der Waals surface area contributed by atoms with E-state index in [0.29, 0.717) is 5.92 Å². The molecule has 1 aliphatic carbocycles. The zero-order valence-corrected chi connectivity index (χ0v) is 10.6. The lowest BCUT2D eigenvalue weighted by molar-refractivity contribution is -0.139. The number of rotatable bonds is 4. The van der Waals surface area contributed by atoms with Crippen LogP contribution in [0.4, 0.5) is 4.79 Å². The van der Waals surface area contributed by atoms with Crippen molar-refractivity contribution in [2.75, 3.05) is 0 Å². The summed E-state index contributed by atoms with van der Waals surface area (Å²) in [6, 6.07) is -1.32. The Morgan fingerprint density at radius 3 is 2.50 bits per heavy atom. The molecule has 0 spiro atoms. The second-order valence-corrected chi connectivity index (χ2v) is 4.87. The van der Waals surface area contributed by atoms with Gasteiger partial charge in [-0.05, 0) is 31.6 Å². The molecular formula is C13H20N2O3. The first kappa shape index (κ1) is 14.4. The third-order valence-electron chi connectivity index (χ3n) is 3.28. The predicted molar refractivity (Wildman–Crippen MR) is 68.0 cm³/mol. The van der Waals surface area contributed by atoms with E-state index in [1.807, 2.05) is 0 Å². The standard InChI is InChI=1S/C13H20N2O3/c1-3-4-11(12(16)17)15-13(18)14-10-7-5-9(2)6-8-10/h1,9-11H,4-8H2,2H3,(H,16,17)(H2,14,15,18). The van der Waals surface area contributed by atoms with Crippen molar-refractivity contribution in [2.45, 2.75) is 51.1 Å². The first-order valence-electron chi connectivity index (χ1n) is 6.26. The van der Waals surface area contributed by atoms with E-state index in [1.165, 1.54) is 0 Å². The summed E-state index contributed by atoms with van der Waals surface area (Å²) in [7, 11) is 0. The Morgan fingerprint density at radius 1 is 1.39 bits per heavy atom. The lowest BCUT2D eigenvalue weighted by Gasteiger charge is -2.27. The normalized spacial score (nSPS) is 24.7. The fourth-order valence-electron chi connectivity index (χ4n) is 2.11. The molecule has 0 saturated heterocycles. The van der Waals surface area contributed by atoms with E-state index in [0.717, 1.165) is 25.7 Å². The van der Waals surface area contributed by atoms with E-state index in [-0.39, 0.29) is 12.5 Å². The third-order valence-corrected chi connectivity index (χ3v) is 3.28. The van der Waals surface area contributed by atoms with Crippen LogP contribution < -0.4 is 10.6 Å². The smallest absolute Gasteiger partial charge is 0.327 e. The van der Waals surface area contributed by atoms with Gasteiger partial charge in [0.2, 0.25) is 0 Å². The second-order valence-electron chi connectivity index (χ2n) is 4.87. The molecule has 1 atom stereocenters. The van der Waals surface area contributed by atoms with Crippen LogP contribution in [0.25, 0.3) is 0 Å². The van der Waals surface area contributed by atoms with Gasteiger partial charge >= 0.3 is 12.0 Å². The van der Waals surface area contributed by atoms with Crippen LogP contribution in [-0.4, -0.2) is 29.2 Å². The van der Waals surface area contributed by atoms with E-state index in [2.05, 4.69) is 23.5 Å². The molecule has 1 unspecified atom stereocenters. The summed E-state index contributed by atoms with van der Waals surface area (Å²) in [6.45, 7) is 2.20. The molecule has 1 fully saturated rings. The molecule has 0 heterocycles. The van der Waals surface area contributed by atoms with Gasteiger partial charge in [-0.3, -0.25) is 0 Å². The summed E-state index contributed by atoms with van der Waals surface area (Å²) in [4.78, 5) is 22.5. The minimum Gasteiger partial charge on any atom is -0.480 e. The van der Waals surface area contributed by atoms with Crippen molar-refractivity contribution < 1.29 is 14.7 Å². The number of urea groups is 1. The Labute approximate surface area is 107 Å². The van der Waals surface area contributed by atoms with Crippen LogP contribution in [0, 0.1) is 18.3 Å². The molecule has 0 aromatic heterocycles. The van der Waals surface area contributed by atoms with Gasteiger partial charge < -0.3 is 15.7 Å². The highest BCUT2D eigenvalue weighted by Crippen LogP contribution is 2.23. The Balaban J connectivity index is 2.36. The largest absolute Gasteiger partial charge is 0.480 e. The van der Waals surface area contributed by atoms with Gasteiger partial charge in [-0.15, -0.1) is 12.3 Å². The average Bonchev–Trinajstić information content (AvgIpc) is 2.31. The van der Waals surface area contributed by atoms with Gasteiger partial charge in [-0.25, -0.2) is 9.59 Å². The number of aliphatic carboxylic acids is 1. The maximum Gasteiger partial charge on any atom is 0.327 e. The first-order valence-corrected chi connectivity index (χ1v) is 6.26. The minimum absolute atomic E-state index is 0.00947. The molecule has 0 radical (unpaired) electrons. The SMILES string of the molecule is C#CCC(NC(=O)NC1CCC(C)CC1)C(=O)O. The number of hydrogen-bond acceptors (Lipinski definition) is 2. The van der Waals surface area contributed by atoms with Crippen molar-refractivity contribution in [3.8, 4) is 12.3 Å². The number of carbonyl (C=O) groups is 2. The number of hydrogen-bond donors (Lipinski definition) is 3. The molecule has 1 saturated carbocycles. The number of carboxylic acid groups (broad SMARTS) is 1. The highest BCUT2D eigenvalue weighted by molar-refractivity contribution is 5.82. The van der Waals surface area contributed by atoms with Crippen molar-refractivity contribution in [1.29, 1.82) is 0 Å². The lowest BCUT2D eigenvalue weighted by Crippen LogP contribution is -2.49. The van der Waals surface area contributed by atoms with Crippen LogP contribution in [0.15, 0.2) is 0 Å². The summed E-state index contributed by atoms with van der Waals surface area (Å²) >= 11 is 0. The van der Waals surface area contributed by atoms with E-state index >= 15 is 0 Å². The highest BCUT2D eigenvalue weighted by Gasteiger charge is 2.22. The monoisotopic (exact) mass is 252 g/mol. The maximum atomic E-state index is 11.6. The molecule has 18 heavy (non-hydrogen) atoms. The number of amides is 2. The molecule has 5 heteroatoms. The average molecular weight is 252 g/mol. The molecule has 5 nitrogen and oxygen atoms in total. The number of terminal acetylenes is 1. The van der Waals surface area contributed by atoms with Gasteiger partial charge in [0.1, 0.15) is 6.04 Å². The molecule has 0 bridgehead atoms. The van der Waals surface area contributed by atoms with Crippen LogP contribution in [0.5, 0.6) is 0 Å². The quantitative estimate of drug-likeness (QED) is 0.661. The van der Waals surface area contributed by atoms with Crippen molar-refractivity contribution in [2.24, 2.45) is 5.92 Å². The summed E-state index contributed by atoms with van der Waals surface area (Å²) in [5.41, 5.74) is 0. The summed E-state index contributed by atoms with van der Waals surface area (Å²) in [6.07, 6.45) is 9.13. The first-order chi connectivity index (χ1) is 8.52. The van der Waals surface area contributed by atoms with Gasteiger partial charge in [0.25, 0.3) is 0 Å². The number of nitrogens with one attached hydrogen (secondary N) is 2. The van der Waals surface area contributed by atoms with Crippen LogP contribution in [0.3, 0.4) is 0 Å². The maximum absolute atomic E-state index is 11.6. The Hall–Kier alpha value is -1.70. The summed E-state index contributed by atoms with van der Waals surface area (Å²) in [5, 5.41) is 14.0. The Morgan fingerprint density at radius 2 is 2.00 bits per heavy atom. The van der Waals surface area contributed by atoms with Crippen molar-refractivity contribution in [3.05, 3.63) is 0 Å². The van der Waals surface area contributed by atoms with E-state index in [9.17, 15) is 9.59 Å². The third kappa shape index (κ3) is 4.66. The molecular weight excluding hydrogens is 232 g/mol. The fraction of sp³-hybridized carbons (Fsp3) is 0.692. The molecule has 1 rings (SSSR count). The minimum atomic E-state index is -1.11. The zero-order valence-electron chi connectivity index (χ0n) is 10.6. The molecule has 2 amide bonds. The molecule has 0 aromatic carbocycles. The molecule has 100 valence electrons. The number of carbonyl (C=O) groups excluding carboxylic acids is 1. The topological polar surface area (TPSA) is 78.4 Å². The van der Waals surface area contributed by atoms with Gasteiger partial charge in [0.15, 0.2) is 0 Å². The molecule has 0 aliphatic heterocycles. The predicted octanol–water partition coefficient (Wildman–Crippen LogP) is 1.34. The van der Waals surface area contributed by atoms with Gasteiger partial charge in [-0.2, -0.15) is 0 Å². The fourth-order valence-corrected chi connectivity index (χ4v) is 2.11. The van der Waals surface area contributed by atoms with Crippen LogP contribution in [-0.2, 0) is 4.79 Å². The molecule has 0 aromatic rings. The summed E-state index contributed by atoms with van der Waals surface area (Å²) in [5.74, 6) is 1.84. The second kappa shape index (κ2) is 6.90. The van der Waals surface area contributed by atoms with E-state index in [1.54, 1.807) is 0 Å². The van der Waals surface area contributed by atoms with Crippen LogP contribution >= 0.6 is 0 Å². The van der Waals surface area contributed by atoms with Gasteiger partial charge in [0.05, 0.1) is 0 Å². The van der Waals surface area contributed by atoms with Crippen LogP contribution in [0.1, 0.15) is 39.0 Å². The van der Waals surface area contributed by atoms with E-state index < -0.39 is 18.0 Å². The lowest BCUT2D eigenvalue weighted by atomic mass is 9.87. The Kier molecular flexibility index (Phi) is 5.50. The van der Waals surface area contributed by atoms with Gasteiger partial charge in [-0.1, -0.05) is 6.92 Å². The zero-order chi connectivity index (χ0) is 13.5.